The molecule has 24 heavy (non-hydrogen) atoms. The molecule has 0 spiro atoms. The summed E-state index contributed by atoms with van der Waals surface area (Å²) in [5, 5.41) is 3.31. The molecule has 0 aliphatic carbocycles. The molecule has 1 N–H and O–H groups in total. The Morgan fingerprint density at radius 3 is 2.79 bits per heavy atom. The van der Waals surface area contributed by atoms with Gasteiger partial charge in [-0.15, -0.1) is 0 Å². The fraction of sp³-hybridized carbons (Fsp3) is 0.412. The Hall–Kier alpha value is -2.38. The van der Waals surface area contributed by atoms with Gasteiger partial charge in [0, 0.05) is 51.6 Å². The third-order valence-corrected chi connectivity index (χ3v) is 4.18. The highest BCUT2D eigenvalue weighted by atomic mass is 16.5. The van der Waals surface area contributed by atoms with Crippen molar-refractivity contribution in [3.8, 4) is 0 Å². The quantitative estimate of drug-likeness (QED) is 0.921. The van der Waals surface area contributed by atoms with E-state index in [9.17, 15) is 9.59 Å². The van der Waals surface area contributed by atoms with Crippen LogP contribution in [-0.4, -0.2) is 62.3 Å². The number of anilines is 1. The molecule has 3 rings (SSSR count). The number of benzene rings is 1. The van der Waals surface area contributed by atoms with E-state index in [1.807, 2.05) is 0 Å². The summed E-state index contributed by atoms with van der Waals surface area (Å²) in [6, 6.07) is 6.29. The third kappa shape index (κ3) is 3.74. The van der Waals surface area contributed by atoms with Crippen molar-refractivity contribution in [3.05, 3.63) is 40.8 Å². The van der Waals surface area contributed by atoms with Gasteiger partial charge in [0.25, 0.3) is 0 Å². The van der Waals surface area contributed by atoms with Gasteiger partial charge >= 0.3 is 6.03 Å². The molecule has 0 radical (unpaired) electrons. The Morgan fingerprint density at radius 2 is 2.04 bits per heavy atom. The van der Waals surface area contributed by atoms with E-state index in [1.54, 1.807) is 30.2 Å². The molecule has 1 fully saturated rings. The lowest BCUT2D eigenvalue weighted by atomic mass is 10.2. The number of amides is 2. The fourth-order valence-corrected chi connectivity index (χ4v) is 2.76. The number of hydrogen-bond acceptors (Lipinski definition) is 5. The van der Waals surface area contributed by atoms with Crippen molar-refractivity contribution in [1.29, 1.82) is 0 Å². The summed E-state index contributed by atoms with van der Waals surface area (Å²) in [5.41, 5.74) is 0.971. The largest absolute Gasteiger partial charge is 0.464 e. The number of carbonyl (C=O) groups is 1. The van der Waals surface area contributed by atoms with E-state index in [2.05, 4.69) is 10.2 Å². The maximum absolute atomic E-state index is 12.4. The third-order valence-electron chi connectivity index (χ3n) is 4.18. The first-order valence-corrected chi connectivity index (χ1v) is 7.96. The first kappa shape index (κ1) is 16.5. The molecule has 128 valence electrons. The van der Waals surface area contributed by atoms with E-state index in [0.29, 0.717) is 36.4 Å². The fourth-order valence-electron chi connectivity index (χ4n) is 2.76. The molecule has 2 heterocycles. The normalized spacial score (nSPS) is 15.6. The molecule has 1 aliphatic heterocycles. The number of fused-ring (bicyclic) bond motifs is 1. The van der Waals surface area contributed by atoms with E-state index in [-0.39, 0.29) is 11.5 Å². The van der Waals surface area contributed by atoms with Gasteiger partial charge in [-0.3, -0.25) is 9.69 Å². The van der Waals surface area contributed by atoms with Crippen molar-refractivity contribution >= 4 is 22.7 Å². The number of nitrogens with zero attached hydrogens (tertiary/aromatic N) is 2. The zero-order chi connectivity index (χ0) is 16.9. The van der Waals surface area contributed by atoms with Gasteiger partial charge in [-0.25, -0.2) is 4.79 Å². The van der Waals surface area contributed by atoms with E-state index in [4.69, 9.17) is 9.15 Å². The Labute approximate surface area is 139 Å². The van der Waals surface area contributed by atoms with Crippen molar-refractivity contribution < 1.29 is 13.9 Å². The first-order valence-electron chi connectivity index (χ1n) is 7.96. The minimum atomic E-state index is -0.152. The zero-order valence-corrected chi connectivity index (χ0v) is 13.7. The van der Waals surface area contributed by atoms with Crippen molar-refractivity contribution in [3.63, 3.8) is 0 Å². The molecular weight excluding hydrogens is 310 g/mol. The van der Waals surface area contributed by atoms with Crippen LogP contribution in [-0.2, 0) is 4.74 Å². The van der Waals surface area contributed by atoms with Crippen molar-refractivity contribution in [2.24, 2.45) is 0 Å². The molecule has 7 heteroatoms. The van der Waals surface area contributed by atoms with E-state index < -0.39 is 0 Å². The second kappa shape index (κ2) is 7.46. The first-order chi connectivity index (χ1) is 11.7. The molecular formula is C17H21N3O4. The van der Waals surface area contributed by atoms with Crippen LogP contribution in [0, 0.1) is 0 Å². The molecule has 0 atom stereocenters. The molecule has 2 amide bonds. The topological polar surface area (TPSA) is 75.0 Å². The lowest BCUT2D eigenvalue weighted by Gasteiger charge is -2.34. The average Bonchev–Trinajstić information content (AvgIpc) is 2.61. The summed E-state index contributed by atoms with van der Waals surface area (Å²) in [6.45, 7) is 4.59. The highest BCUT2D eigenvalue weighted by Gasteiger charge is 2.20. The smallest absolute Gasteiger partial charge is 0.321 e. The van der Waals surface area contributed by atoms with E-state index in [0.717, 1.165) is 19.6 Å². The molecule has 0 saturated carbocycles. The predicted molar refractivity (Wildman–Crippen MR) is 91.4 cm³/mol. The maximum Gasteiger partial charge on any atom is 0.321 e. The van der Waals surface area contributed by atoms with Crippen molar-refractivity contribution in [2.75, 3.05) is 51.8 Å². The van der Waals surface area contributed by atoms with Crippen LogP contribution in [0.4, 0.5) is 10.5 Å². The number of rotatable bonds is 4. The number of nitrogens with one attached hydrogen (secondary N) is 1. The summed E-state index contributed by atoms with van der Waals surface area (Å²) < 4.78 is 10.3. The summed E-state index contributed by atoms with van der Waals surface area (Å²) in [4.78, 5) is 28.3. The second-order valence-electron chi connectivity index (χ2n) is 5.75. The molecule has 0 unspecified atom stereocenters. The Kier molecular flexibility index (Phi) is 5.12. The minimum Gasteiger partial charge on any atom is -0.464 e. The minimum absolute atomic E-state index is 0.126. The number of hydrogen-bond donors (Lipinski definition) is 1. The predicted octanol–water partition coefficient (Wildman–Crippen LogP) is 1.59. The SMILES string of the molecule is COCCN1CCN(C(=O)Nc2ccc3occc(=O)c3c2)CC1. The molecule has 1 aromatic heterocycles. The molecule has 1 aliphatic rings. The van der Waals surface area contributed by atoms with Crippen LogP contribution in [0.25, 0.3) is 11.0 Å². The van der Waals surface area contributed by atoms with Crippen LogP contribution in [0.15, 0.2) is 39.7 Å². The summed E-state index contributed by atoms with van der Waals surface area (Å²) in [5.74, 6) is 0. The van der Waals surface area contributed by atoms with Crippen LogP contribution in [0.5, 0.6) is 0 Å². The number of methoxy groups -OCH3 is 1. The number of ether oxygens (including phenoxy) is 1. The Bertz CT molecular complexity index is 766. The molecule has 0 bridgehead atoms. The maximum atomic E-state index is 12.4. The van der Waals surface area contributed by atoms with Gasteiger partial charge < -0.3 is 19.4 Å². The van der Waals surface area contributed by atoms with Crippen molar-refractivity contribution in [2.45, 2.75) is 0 Å². The zero-order valence-electron chi connectivity index (χ0n) is 13.7. The van der Waals surface area contributed by atoms with E-state index >= 15 is 0 Å². The lowest BCUT2D eigenvalue weighted by molar-refractivity contribution is 0.109. The highest BCUT2D eigenvalue weighted by molar-refractivity contribution is 5.92. The molecule has 2 aromatic rings. The van der Waals surface area contributed by atoms with Gasteiger partial charge in [0.2, 0.25) is 0 Å². The highest BCUT2D eigenvalue weighted by Crippen LogP contribution is 2.16. The van der Waals surface area contributed by atoms with Crippen LogP contribution in [0.3, 0.4) is 0 Å². The van der Waals surface area contributed by atoms with Crippen LogP contribution >= 0.6 is 0 Å². The summed E-state index contributed by atoms with van der Waals surface area (Å²) >= 11 is 0. The Balaban J connectivity index is 1.61. The van der Waals surface area contributed by atoms with Crippen molar-refractivity contribution in [1.82, 2.24) is 9.80 Å². The van der Waals surface area contributed by atoms with Crippen LogP contribution < -0.4 is 10.7 Å². The lowest BCUT2D eigenvalue weighted by Crippen LogP contribution is -2.50. The molecule has 1 aromatic carbocycles. The Morgan fingerprint density at radius 1 is 1.25 bits per heavy atom. The monoisotopic (exact) mass is 331 g/mol. The van der Waals surface area contributed by atoms with Gasteiger partial charge in [0.05, 0.1) is 18.3 Å². The van der Waals surface area contributed by atoms with Gasteiger partial charge in [-0.2, -0.15) is 0 Å². The van der Waals surface area contributed by atoms with E-state index in [1.165, 1.54) is 12.3 Å². The standard InChI is InChI=1S/C17H21N3O4/c1-23-11-9-19-5-7-20(8-6-19)17(22)18-13-2-3-16-14(12-13)15(21)4-10-24-16/h2-4,10,12H,5-9,11H2,1H3,(H,18,22). The summed E-state index contributed by atoms with van der Waals surface area (Å²) in [7, 11) is 1.69. The number of carbonyl (C=O) groups excluding carboxylic acids is 1. The summed E-state index contributed by atoms with van der Waals surface area (Å²) in [6.07, 6.45) is 1.37. The second-order valence-corrected chi connectivity index (χ2v) is 5.75. The molecule has 1 saturated heterocycles. The van der Waals surface area contributed by atoms with Gasteiger partial charge in [0.15, 0.2) is 5.43 Å². The van der Waals surface area contributed by atoms with Crippen LogP contribution in [0.2, 0.25) is 0 Å². The number of piperazine rings is 1. The van der Waals surface area contributed by atoms with Gasteiger partial charge in [-0.05, 0) is 18.2 Å². The average molecular weight is 331 g/mol. The molecule has 7 nitrogen and oxygen atoms in total. The van der Waals surface area contributed by atoms with Crippen LogP contribution in [0.1, 0.15) is 0 Å². The number of urea groups is 1. The van der Waals surface area contributed by atoms with Gasteiger partial charge in [0.1, 0.15) is 5.58 Å². The van der Waals surface area contributed by atoms with Gasteiger partial charge in [-0.1, -0.05) is 0 Å².